The Balaban J connectivity index is 1.45. The molecule has 0 radical (unpaired) electrons. The van der Waals surface area contributed by atoms with Crippen LogP contribution in [-0.2, 0) is 13.1 Å². The van der Waals surface area contributed by atoms with Gasteiger partial charge in [0.05, 0.1) is 18.4 Å². The Labute approximate surface area is 194 Å². The Morgan fingerprint density at radius 2 is 2.09 bits per heavy atom. The first-order chi connectivity index (χ1) is 15.5. The molecule has 32 heavy (non-hydrogen) atoms. The Kier molecular flexibility index (Phi) is 5.45. The molecule has 2 aliphatic heterocycles. The maximum atomic E-state index is 13.2. The Morgan fingerprint density at radius 1 is 1.22 bits per heavy atom. The quantitative estimate of drug-likeness (QED) is 0.470. The lowest BCUT2D eigenvalue weighted by atomic mass is 10.00. The number of halogens is 1. The zero-order valence-electron chi connectivity index (χ0n) is 17.7. The van der Waals surface area contributed by atoms with Crippen LogP contribution in [0.5, 0.6) is 17.2 Å². The van der Waals surface area contributed by atoms with Crippen molar-refractivity contribution >= 4 is 27.8 Å². The number of nitrogens with zero attached hydrogens (tertiary/aromatic N) is 2. The van der Waals surface area contributed by atoms with Crippen molar-refractivity contribution in [3.8, 4) is 17.2 Å². The molecule has 2 aliphatic rings. The van der Waals surface area contributed by atoms with Crippen molar-refractivity contribution in [1.82, 2.24) is 9.88 Å². The highest BCUT2D eigenvalue weighted by Gasteiger charge is 2.33. The normalized spacial score (nSPS) is 16.3. The minimum atomic E-state index is -0.144. The van der Waals surface area contributed by atoms with Crippen molar-refractivity contribution in [2.24, 2.45) is 0 Å². The Hall–Kier alpha value is -3.16. The van der Waals surface area contributed by atoms with Crippen LogP contribution in [0.15, 0.2) is 58.9 Å². The second-order valence-electron chi connectivity index (χ2n) is 7.77. The largest absolute Gasteiger partial charge is 0.496 e. The molecule has 0 atom stereocenters. The maximum absolute atomic E-state index is 13.2. The van der Waals surface area contributed by atoms with Gasteiger partial charge in [-0.05, 0) is 49.4 Å². The van der Waals surface area contributed by atoms with Gasteiger partial charge in [-0.25, -0.2) is 0 Å². The molecule has 0 spiro atoms. The molecule has 6 nitrogen and oxygen atoms in total. The van der Waals surface area contributed by atoms with Gasteiger partial charge < -0.3 is 14.2 Å². The number of Topliss-reactive ketones (excluding diaryl/α,β-unsaturated/α-hetero) is 1. The van der Waals surface area contributed by atoms with Crippen LogP contribution in [0.1, 0.15) is 32.7 Å². The summed E-state index contributed by atoms with van der Waals surface area (Å²) in [6.45, 7) is 3.73. The summed E-state index contributed by atoms with van der Waals surface area (Å²) >= 11 is 3.47. The molecule has 0 N–H and O–H groups in total. The molecule has 162 valence electrons. The van der Waals surface area contributed by atoms with E-state index in [1.54, 1.807) is 19.4 Å². The number of hydrogen-bond acceptors (Lipinski definition) is 6. The summed E-state index contributed by atoms with van der Waals surface area (Å²) < 4.78 is 18.4. The number of fused-ring (bicyclic) bond motifs is 2. The molecular formula is C25H21BrN2O4. The van der Waals surface area contributed by atoms with E-state index in [0.717, 1.165) is 32.6 Å². The molecule has 0 saturated heterocycles. The minimum Gasteiger partial charge on any atom is -0.496 e. The molecule has 3 aromatic rings. The average molecular weight is 493 g/mol. The van der Waals surface area contributed by atoms with Crippen LogP contribution < -0.4 is 14.2 Å². The minimum absolute atomic E-state index is 0.144. The van der Waals surface area contributed by atoms with E-state index in [1.807, 2.05) is 49.4 Å². The third-order valence-corrected chi connectivity index (χ3v) is 6.09. The van der Waals surface area contributed by atoms with E-state index < -0.39 is 0 Å². The van der Waals surface area contributed by atoms with E-state index in [9.17, 15) is 4.79 Å². The zero-order chi connectivity index (χ0) is 22.2. The standard InChI is InChI=1S/C25H21BrN2O4/c1-15-24-17(12-28(14-31-24)13-19-5-3-4-8-27-19)10-20-23(29)22(32-25(15)20)11-16-9-18(26)6-7-21(16)30-2/h3-11H,12-14H2,1-2H3/b22-11-. The number of carbonyl (C=O) groups excluding carboxylic acids is 1. The number of ketones is 1. The zero-order valence-corrected chi connectivity index (χ0v) is 19.3. The summed E-state index contributed by atoms with van der Waals surface area (Å²) in [6, 6.07) is 13.4. The van der Waals surface area contributed by atoms with E-state index in [1.165, 1.54) is 0 Å². The summed E-state index contributed by atoms with van der Waals surface area (Å²) in [7, 11) is 1.60. The van der Waals surface area contributed by atoms with Gasteiger partial charge in [-0.2, -0.15) is 0 Å². The molecule has 0 fully saturated rings. The van der Waals surface area contributed by atoms with Crippen molar-refractivity contribution in [1.29, 1.82) is 0 Å². The van der Waals surface area contributed by atoms with Gasteiger partial charge in [0.15, 0.2) is 5.76 Å². The molecule has 5 rings (SSSR count). The smallest absolute Gasteiger partial charge is 0.231 e. The average Bonchev–Trinajstić information content (AvgIpc) is 3.10. The SMILES string of the molecule is COc1ccc(Br)cc1/C=C1\Oc2c(cc3c(c2C)OCN(Cc2ccccn2)C3)C1=O. The van der Waals surface area contributed by atoms with Crippen molar-refractivity contribution in [2.45, 2.75) is 20.0 Å². The molecule has 0 amide bonds. The third-order valence-electron chi connectivity index (χ3n) is 5.59. The summed E-state index contributed by atoms with van der Waals surface area (Å²) in [4.78, 5) is 19.7. The molecule has 2 aromatic carbocycles. The fraction of sp³-hybridized carbons (Fsp3) is 0.200. The van der Waals surface area contributed by atoms with Crippen molar-refractivity contribution in [3.05, 3.63) is 86.8 Å². The highest BCUT2D eigenvalue weighted by Crippen LogP contribution is 2.43. The van der Waals surface area contributed by atoms with Crippen LogP contribution in [0.2, 0.25) is 0 Å². The molecule has 0 saturated carbocycles. The van der Waals surface area contributed by atoms with Crippen LogP contribution in [-0.4, -0.2) is 29.5 Å². The first-order valence-electron chi connectivity index (χ1n) is 10.2. The van der Waals surface area contributed by atoms with Gasteiger partial charge in [-0.15, -0.1) is 0 Å². The van der Waals surface area contributed by atoms with Gasteiger partial charge in [0.2, 0.25) is 5.78 Å². The monoisotopic (exact) mass is 492 g/mol. The van der Waals surface area contributed by atoms with E-state index >= 15 is 0 Å². The van der Waals surface area contributed by atoms with Gasteiger partial charge in [-0.1, -0.05) is 22.0 Å². The molecule has 3 heterocycles. The topological polar surface area (TPSA) is 60.9 Å². The van der Waals surface area contributed by atoms with E-state index in [-0.39, 0.29) is 11.5 Å². The van der Waals surface area contributed by atoms with Gasteiger partial charge >= 0.3 is 0 Å². The van der Waals surface area contributed by atoms with Crippen molar-refractivity contribution < 1.29 is 19.0 Å². The molecule has 0 bridgehead atoms. The number of aromatic nitrogens is 1. The Morgan fingerprint density at radius 3 is 2.88 bits per heavy atom. The van der Waals surface area contributed by atoms with E-state index in [0.29, 0.717) is 36.9 Å². The first-order valence-corrected chi connectivity index (χ1v) is 11.0. The van der Waals surface area contributed by atoms with Gasteiger partial charge in [0.25, 0.3) is 0 Å². The molecule has 1 aromatic heterocycles. The number of benzene rings is 2. The molecule has 7 heteroatoms. The second kappa shape index (κ2) is 8.41. The number of carbonyl (C=O) groups is 1. The van der Waals surface area contributed by atoms with Crippen LogP contribution in [0, 0.1) is 6.92 Å². The van der Waals surface area contributed by atoms with Crippen LogP contribution in [0.3, 0.4) is 0 Å². The molecule has 0 unspecified atom stereocenters. The lowest BCUT2D eigenvalue weighted by Gasteiger charge is -2.30. The Bertz CT molecular complexity index is 1240. The van der Waals surface area contributed by atoms with Crippen molar-refractivity contribution in [3.63, 3.8) is 0 Å². The van der Waals surface area contributed by atoms with Crippen LogP contribution >= 0.6 is 15.9 Å². The van der Waals surface area contributed by atoms with E-state index in [2.05, 4.69) is 25.8 Å². The fourth-order valence-corrected chi connectivity index (χ4v) is 4.46. The van der Waals surface area contributed by atoms with Crippen LogP contribution in [0.25, 0.3) is 6.08 Å². The first kappa shape index (κ1) is 20.7. The predicted molar refractivity (Wildman–Crippen MR) is 124 cm³/mol. The second-order valence-corrected chi connectivity index (χ2v) is 8.69. The maximum Gasteiger partial charge on any atom is 0.231 e. The number of methoxy groups -OCH3 is 1. The summed E-state index contributed by atoms with van der Waals surface area (Å²) in [5, 5.41) is 0. The van der Waals surface area contributed by atoms with Gasteiger partial charge in [0.1, 0.15) is 24.0 Å². The van der Waals surface area contributed by atoms with E-state index in [4.69, 9.17) is 14.2 Å². The highest BCUT2D eigenvalue weighted by molar-refractivity contribution is 9.10. The molecular weight excluding hydrogens is 472 g/mol. The third kappa shape index (κ3) is 3.78. The lowest BCUT2D eigenvalue weighted by Crippen LogP contribution is -2.32. The number of rotatable bonds is 4. The highest BCUT2D eigenvalue weighted by atomic mass is 79.9. The number of pyridine rings is 1. The predicted octanol–water partition coefficient (Wildman–Crippen LogP) is 5.13. The number of allylic oxidation sites excluding steroid dienone is 1. The summed E-state index contributed by atoms with van der Waals surface area (Å²) in [5.41, 5.74) is 4.11. The van der Waals surface area contributed by atoms with Crippen molar-refractivity contribution in [2.75, 3.05) is 13.8 Å². The van der Waals surface area contributed by atoms with Gasteiger partial charge in [-0.3, -0.25) is 14.7 Å². The summed E-state index contributed by atoms with van der Waals surface area (Å²) in [6.07, 6.45) is 3.51. The fourth-order valence-electron chi connectivity index (χ4n) is 4.08. The number of hydrogen-bond donors (Lipinski definition) is 0. The molecule has 0 aliphatic carbocycles. The van der Waals surface area contributed by atoms with Gasteiger partial charge in [0, 0.05) is 40.4 Å². The van der Waals surface area contributed by atoms with Crippen LogP contribution in [0.4, 0.5) is 0 Å². The summed E-state index contributed by atoms with van der Waals surface area (Å²) in [5.74, 6) is 2.14. The number of ether oxygens (including phenoxy) is 3. The lowest BCUT2D eigenvalue weighted by molar-refractivity contribution is 0.0865.